The number of nitrogens with zero attached hydrogens (tertiary/aromatic N) is 6. The Balaban J connectivity index is 0.879. The van der Waals surface area contributed by atoms with Crippen molar-refractivity contribution >= 4 is 59.4 Å². The fraction of sp³-hybridized carbons (Fsp3) is 0.432. The predicted molar refractivity (Wildman–Crippen MR) is 229 cm³/mol. The molecule has 0 saturated carbocycles. The van der Waals surface area contributed by atoms with Crippen molar-refractivity contribution in [3.8, 4) is 0 Å². The molecule has 2 unspecified atom stereocenters. The van der Waals surface area contributed by atoms with Crippen LogP contribution >= 0.6 is 0 Å². The van der Waals surface area contributed by atoms with Crippen molar-refractivity contribution in [1.29, 1.82) is 0 Å². The number of hydrogen-bond acceptors (Lipinski definition) is 13. The maximum absolute atomic E-state index is 13.6. The van der Waals surface area contributed by atoms with Gasteiger partial charge in [-0.3, -0.25) is 29.0 Å². The molecule has 2 aromatic carbocycles. The smallest absolute Gasteiger partial charge is 0.264 e. The summed E-state index contributed by atoms with van der Waals surface area (Å²) in [4.78, 5) is 79.9. The van der Waals surface area contributed by atoms with Gasteiger partial charge in [0.1, 0.15) is 17.9 Å². The van der Waals surface area contributed by atoms with E-state index in [1.807, 2.05) is 24.3 Å². The standard InChI is InChI=1S/C44H54N10O5/c1-5-30(6-2)40-28(3)10-16-37(48-40)49-41-31(26-55)22-46-44(50-41)47-32-11-13-33(14-12-32)52-20-18-51(19-21-52)23-29-24-53(25-29)36-9-7-8-35-39(36)43(59)54(42(35)58)34(27-56)15-17-38(57)45-4/h7-14,16,22,26-27,29-30,34,44,47,50H,5-6,15,17-21,23-25H2,1-4H3,(H,45,57)(H,48,49). The van der Waals surface area contributed by atoms with E-state index in [1.54, 1.807) is 18.3 Å². The minimum atomic E-state index is -0.998. The highest BCUT2D eigenvalue weighted by Gasteiger charge is 2.43. The Morgan fingerprint density at radius 2 is 1.69 bits per heavy atom. The van der Waals surface area contributed by atoms with Crippen molar-refractivity contribution in [3.05, 3.63) is 88.4 Å². The van der Waals surface area contributed by atoms with Crippen LogP contribution in [0.2, 0.25) is 0 Å². The summed E-state index contributed by atoms with van der Waals surface area (Å²) in [7, 11) is 1.51. The van der Waals surface area contributed by atoms with E-state index >= 15 is 0 Å². The Labute approximate surface area is 345 Å². The number of aryl methyl sites for hydroxylation is 1. The van der Waals surface area contributed by atoms with Gasteiger partial charge in [0.2, 0.25) is 5.91 Å². The number of pyridine rings is 1. The van der Waals surface area contributed by atoms with E-state index in [0.717, 1.165) is 92.5 Å². The van der Waals surface area contributed by atoms with Crippen LogP contribution in [0.3, 0.4) is 0 Å². The first-order valence-corrected chi connectivity index (χ1v) is 20.6. The zero-order chi connectivity index (χ0) is 41.6. The van der Waals surface area contributed by atoms with Crippen molar-refractivity contribution in [1.82, 2.24) is 25.4 Å². The number of carbonyl (C=O) groups is 5. The van der Waals surface area contributed by atoms with Gasteiger partial charge in [0, 0.05) is 94.4 Å². The third-order valence-corrected chi connectivity index (χ3v) is 11.9. The first kappa shape index (κ1) is 41.1. The number of imide groups is 1. The Bertz CT molecular complexity index is 2120. The average Bonchev–Trinajstić information content (AvgIpc) is 3.50. The molecular weight excluding hydrogens is 749 g/mol. The topological polar surface area (TPSA) is 172 Å². The minimum absolute atomic E-state index is 0.0386. The second kappa shape index (κ2) is 18.2. The van der Waals surface area contributed by atoms with E-state index in [0.29, 0.717) is 52.1 Å². The van der Waals surface area contributed by atoms with Crippen LogP contribution < -0.4 is 31.1 Å². The molecule has 0 aliphatic carbocycles. The molecule has 15 heteroatoms. The number of aromatic nitrogens is 1. The number of amides is 3. The molecule has 1 aromatic heterocycles. The van der Waals surface area contributed by atoms with E-state index in [1.165, 1.54) is 7.05 Å². The number of fused-ring (bicyclic) bond motifs is 1. The Morgan fingerprint density at radius 3 is 2.37 bits per heavy atom. The molecule has 15 nitrogen and oxygen atoms in total. The van der Waals surface area contributed by atoms with Crippen LogP contribution in [0.4, 0.5) is 22.9 Å². The summed E-state index contributed by atoms with van der Waals surface area (Å²) in [5, 5.41) is 12.5. The summed E-state index contributed by atoms with van der Waals surface area (Å²) >= 11 is 0. The lowest BCUT2D eigenvalue weighted by atomic mass is 9.95. The predicted octanol–water partition coefficient (Wildman–Crippen LogP) is 4.13. The number of aliphatic imine (C=N–C) groups is 1. The minimum Gasteiger partial charge on any atom is -0.370 e. The molecule has 0 bridgehead atoms. The normalized spacial score (nSPS) is 18.7. The van der Waals surface area contributed by atoms with Crippen molar-refractivity contribution in [2.24, 2.45) is 10.9 Å². The van der Waals surface area contributed by atoms with Crippen LogP contribution in [0.1, 0.15) is 77.4 Å². The van der Waals surface area contributed by atoms with Gasteiger partial charge in [-0.2, -0.15) is 0 Å². The van der Waals surface area contributed by atoms with Gasteiger partial charge < -0.3 is 35.9 Å². The van der Waals surface area contributed by atoms with Gasteiger partial charge >= 0.3 is 0 Å². The number of piperazine rings is 1. The molecule has 4 N–H and O–H groups in total. The number of carbonyl (C=O) groups excluding carboxylic acids is 5. The molecule has 2 saturated heterocycles. The lowest BCUT2D eigenvalue weighted by Gasteiger charge is -2.45. The third kappa shape index (κ3) is 8.85. The van der Waals surface area contributed by atoms with Crippen LogP contribution in [-0.4, -0.2) is 116 Å². The fourth-order valence-corrected chi connectivity index (χ4v) is 8.45. The molecule has 4 aliphatic heterocycles. The lowest BCUT2D eigenvalue weighted by molar-refractivity contribution is -0.121. The van der Waals surface area contributed by atoms with Crippen LogP contribution in [0, 0.1) is 12.8 Å². The maximum atomic E-state index is 13.6. The Hall–Kier alpha value is -6.09. The van der Waals surface area contributed by atoms with E-state index in [9.17, 15) is 24.0 Å². The number of hydrogen-bond donors (Lipinski definition) is 4. The fourth-order valence-electron chi connectivity index (χ4n) is 8.45. The molecule has 0 spiro atoms. The Morgan fingerprint density at radius 1 is 0.949 bits per heavy atom. The van der Waals surface area contributed by atoms with Crippen LogP contribution in [0.5, 0.6) is 0 Å². The molecule has 0 radical (unpaired) electrons. The van der Waals surface area contributed by atoms with Crippen LogP contribution in [0.25, 0.3) is 0 Å². The van der Waals surface area contributed by atoms with Crippen molar-refractivity contribution in [2.75, 3.05) is 73.3 Å². The van der Waals surface area contributed by atoms with Gasteiger partial charge in [-0.25, -0.2) is 9.98 Å². The lowest BCUT2D eigenvalue weighted by Crippen LogP contribution is -2.55. The molecule has 2 fully saturated rings. The van der Waals surface area contributed by atoms with Gasteiger partial charge in [0.25, 0.3) is 11.8 Å². The third-order valence-electron chi connectivity index (χ3n) is 11.9. The summed E-state index contributed by atoms with van der Waals surface area (Å²) in [6.07, 6.45) is 4.58. The van der Waals surface area contributed by atoms with Gasteiger partial charge in [0.05, 0.1) is 28.4 Å². The van der Waals surface area contributed by atoms with E-state index in [4.69, 9.17) is 4.98 Å². The number of rotatable bonds is 17. The highest BCUT2D eigenvalue weighted by atomic mass is 16.2. The monoisotopic (exact) mass is 802 g/mol. The van der Waals surface area contributed by atoms with E-state index in [-0.39, 0.29) is 18.7 Å². The quantitative estimate of drug-likeness (QED) is 0.114. The second-order valence-electron chi connectivity index (χ2n) is 15.7. The van der Waals surface area contributed by atoms with E-state index < -0.39 is 24.1 Å². The summed E-state index contributed by atoms with van der Waals surface area (Å²) in [5.41, 5.74) is 6.04. The summed E-state index contributed by atoms with van der Waals surface area (Å²) < 4.78 is 0. The van der Waals surface area contributed by atoms with Crippen molar-refractivity contribution < 1.29 is 24.0 Å². The molecule has 7 rings (SSSR count). The van der Waals surface area contributed by atoms with Gasteiger partial charge in [-0.1, -0.05) is 26.0 Å². The van der Waals surface area contributed by atoms with Gasteiger partial charge in [0.15, 0.2) is 12.6 Å². The molecule has 3 amide bonds. The Kier molecular flexibility index (Phi) is 12.7. The zero-order valence-electron chi connectivity index (χ0n) is 34.2. The molecule has 4 aliphatic rings. The van der Waals surface area contributed by atoms with Gasteiger partial charge in [-0.15, -0.1) is 0 Å². The number of benzene rings is 2. The summed E-state index contributed by atoms with van der Waals surface area (Å²) in [5.74, 6) is 0.790. The second-order valence-corrected chi connectivity index (χ2v) is 15.7. The van der Waals surface area contributed by atoms with Crippen LogP contribution in [0.15, 0.2) is 71.0 Å². The SMILES string of the molecule is CCC(CC)c1nc(NC2=C(C=O)C=NC(Nc3ccc(N4CCN(CC5CN(c6cccc7c6C(=O)N(C(C=O)CCC(=O)NC)C7=O)C5)CC4)cc3)N2)ccc1C. The molecule has 2 atom stereocenters. The summed E-state index contributed by atoms with van der Waals surface area (Å²) in [6, 6.07) is 16.6. The number of nitrogens with one attached hydrogen (secondary N) is 4. The highest BCUT2D eigenvalue weighted by Crippen LogP contribution is 2.37. The largest absolute Gasteiger partial charge is 0.370 e. The molecule has 59 heavy (non-hydrogen) atoms. The van der Waals surface area contributed by atoms with Crippen molar-refractivity contribution in [2.45, 2.75) is 64.7 Å². The molecule has 5 heterocycles. The number of aldehydes is 2. The van der Waals surface area contributed by atoms with Crippen LogP contribution in [-0.2, 0) is 14.4 Å². The van der Waals surface area contributed by atoms with Gasteiger partial charge in [-0.05, 0) is 74.2 Å². The number of anilines is 4. The summed E-state index contributed by atoms with van der Waals surface area (Å²) in [6.45, 7) is 12.6. The molecule has 3 aromatic rings. The molecule has 310 valence electrons. The first-order chi connectivity index (χ1) is 28.6. The van der Waals surface area contributed by atoms with Crippen molar-refractivity contribution in [3.63, 3.8) is 0 Å². The first-order valence-electron chi connectivity index (χ1n) is 20.6. The number of allylic oxidation sites excluding steroid dienone is 1. The highest BCUT2D eigenvalue weighted by molar-refractivity contribution is 6.24. The molecular formula is C44H54N10O5. The van der Waals surface area contributed by atoms with E-state index in [2.05, 4.69) is 79.9 Å². The average molecular weight is 803 g/mol. The maximum Gasteiger partial charge on any atom is 0.264 e. The zero-order valence-corrected chi connectivity index (χ0v) is 34.2.